The van der Waals surface area contributed by atoms with E-state index in [2.05, 4.69) is 20.9 Å². The summed E-state index contributed by atoms with van der Waals surface area (Å²) in [6.45, 7) is 2.76. The third-order valence-corrected chi connectivity index (χ3v) is 8.15. The second-order valence-electron chi connectivity index (χ2n) is 9.47. The molecule has 0 bridgehead atoms. The summed E-state index contributed by atoms with van der Waals surface area (Å²) in [6, 6.07) is 11.6. The number of carboxylic acids is 1. The number of nitrogens with zero attached hydrogens (tertiary/aromatic N) is 3. The van der Waals surface area contributed by atoms with E-state index in [0.29, 0.717) is 12.3 Å². The van der Waals surface area contributed by atoms with Crippen molar-refractivity contribution in [2.24, 2.45) is 11.8 Å². The van der Waals surface area contributed by atoms with Crippen molar-refractivity contribution < 1.29 is 19.7 Å². The van der Waals surface area contributed by atoms with Gasteiger partial charge in [-0.05, 0) is 98.3 Å². The fourth-order valence-electron chi connectivity index (χ4n) is 5.20. The Morgan fingerprint density at radius 3 is 2.92 bits per heavy atom. The highest BCUT2D eigenvalue weighted by Crippen LogP contribution is 2.35. The van der Waals surface area contributed by atoms with Gasteiger partial charge in [0.1, 0.15) is 5.75 Å². The maximum absolute atomic E-state index is 11.6. The van der Waals surface area contributed by atoms with Gasteiger partial charge in [0, 0.05) is 41.8 Å². The molecule has 0 unspecified atom stereocenters. The van der Waals surface area contributed by atoms with Gasteiger partial charge in [-0.3, -0.25) is 14.8 Å². The van der Waals surface area contributed by atoms with Gasteiger partial charge in [-0.2, -0.15) is 0 Å². The summed E-state index contributed by atoms with van der Waals surface area (Å²) in [5, 5.41) is 21.5. The lowest BCUT2D eigenvalue weighted by Crippen LogP contribution is -2.42. The van der Waals surface area contributed by atoms with Gasteiger partial charge >= 0.3 is 5.97 Å². The summed E-state index contributed by atoms with van der Waals surface area (Å²) in [5.74, 6) is 1.40. The van der Waals surface area contributed by atoms with Gasteiger partial charge in [-0.25, -0.2) is 0 Å². The van der Waals surface area contributed by atoms with Crippen LogP contribution in [0.25, 0.3) is 10.9 Å². The van der Waals surface area contributed by atoms with Crippen LogP contribution in [-0.2, 0) is 4.79 Å². The van der Waals surface area contributed by atoms with E-state index in [1.165, 1.54) is 4.90 Å². The molecule has 1 fully saturated rings. The number of hydrogen-bond donors (Lipinski definition) is 2. The average molecular weight is 510 g/mol. The van der Waals surface area contributed by atoms with E-state index in [1.54, 1.807) is 19.5 Å². The van der Waals surface area contributed by atoms with Gasteiger partial charge < -0.3 is 19.8 Å². The van der Waals surface area contributed by atoms with E-state index in [1.807, 2.05) is 48.3 Å². The molecular formula is C28H35N3O4S. The quantitative estimate of drug-likeness (QED) is 0.259. The first-order valence-corrected chi connectivity index (χ1v) is 13.6. The van der Waals surface area contributed by atoms with E-state index >= 15 is 0 Å². The van der Waals surface area contributed by atoms with Crippen LogP contribution in [0.4, 0.5) is 0 Å². The number of aliphatic hydroxyl groups excluding tert-OH is 1. The van der Waals surface area contributed by atoms with Crippen molar-refractivity contribution in [2.45, 2.75) is 43.1 Å². The Morgan fingerprint density at radius 2 is 2.14 bits per heavy atom. The minimum Gasteiger partial charge on any atom is -0.497 e. The van der Waals surface area contributed by atoms with Crippen LogP contribution >= 0.6 is 11.8 Å². The molecule has 36 heavy (non-hydrogen) atoms. The number of rotatable bonds is 12. The highest BCUT2D eigenvalue weighted by atomic mass is 32.2. The number of pyridine rings is 2. The molecule has 8 heteroatoms. The first-order chi connectivity index (χ1) is 17.5. The Morgan fingerprint density at radius 1 is 1.25 bits per heavy atom. The molecule has 0 spiro atoms. The summed E-state index contributed by atoms with van der Waals surface area (Å²) < 4.78 is 5.36. The number of piperidine rings is 1. The molecule has 1 aliphatic rings. The molecule has 1 saturated heterocycles. The maximum atomic E-state index is 11.6. The number of thioether (sulfide) groups is 1. The first-order valence-electron chi connectivity index (χ1n) is 12.6. The molecule has 3 aromatic rings. The molecule has 3 heterocycles. The fourth-order valence-corrected chi connectivity index (χ4v) is 6.02. The topological polar surface area (TPSA) is 95.8 Å². The molecule has 0 aliphatic carbocycles. The lowest BCUT2D eigenvalue weighted by Gasteiger charge is -2.38. The van der Waals surface area contributed by atoms with Crippen molar-refractivity contribution >= 4 is 28.6 Å². The number of carboxylic acid groups (broad SMARTS) is 1. The van der Waals surface area contributed by atoms with Crippen LogP contribution in [0.3, 0.4) is 0 Å². The summed E-state index contributed by atoms with van der Waals surface area (Å²) in [4.78, 5) is 23.8. The number of hydrogen-bond acceptors (Lipinski definition) is 7. The van der Waals surface area contributed by atoms with Crippen molar-refractivity contribution in [3.63, 3.8) is 0 Å². The molecule has 0 radical (unpaired) electrons. The Bertz CT molecular complexity index is 1130. The minimum atomic E-state index is -0.744. The van der Waals surface area contributed by atoms with Gasteiger partial charge in [-0.1, -0.05) is 0 Å². The number of aromatic nitrogens is 2. The van der Waals surface area contributed by atoms with Gasteiger partial charge in [0.05, 0.1) is 18.7 Å². The molecule has 1 aromatic carbocycles. The third kappa shape index (κ3) is 7.18. The van der Waals surface area contributed by atoms with E-state index < -0.39 is 12.1 Å². The number of benzene rings is 1. The van der Waals surface area contributed by atoms with Crippen LogP contribution in [0.1, 0.15) is 43.8 Å². The number of methoxy groups -OCH3 is 1. The molecule has 0 amide bonds. The standard InChI is InChI=1S/C28H35N3O4S/c1-35-22-6-7-26-25(17-22)24(9-12-30-26)27(32)8-5-20-10-14-31(19-21(20)16-28(33)34)13-3-15-36-23-4-2-11-29-18-23/h2,4,6-7,9,11-12,17-18,20-21,27,32H,3,5,8,10,13-16,19H2,1H3,(H,33,34)/t20-,21+,27-/m1/s1. The zero-order valence-electron chi connectivity index (χ0n) is 20.8. The van der Waals surface area contributed by atoms with Gasteiger partial charge in [0.25, 0.3) is 0 Å². The zero-order valence-corrected chi connectivity index (χ0v) is 21.6. The van der Waals surface area contributed by atoms with Crippen LogP contribution < -0.4 is 4.74 Å². The van der Waals surface area contributed by atoms with E-state index in [0.717, 1.165) is 66.9 Å². The molecule has 2 aromatic heterocycles. The molecule has 0 saturated carbocycles. The lowest BCUT2D eigenvalue weighted by atomic mass is 9.79. The normalized spacial score (nSPS) is 19.3. The Labute approximate surface area is 216 Å². The number of likely N-dealkylation sites (tertiary alicyclic amines) is 1. The number of fused-ring (bicyclic) bond motifs is 1. The smallest absolute Gasteiger partial charge is 0.303 e. The van der Waals surface area contributed by atoms with Crippen molar-refractivity contribution in [3.8, 4) is 5.75 Å². The van der Waals surface area contributed by atoms with Crippen LogP contribution in [0.2, 0.25) is 0 Å². The summed E-state index contributed by atoms with van der Waals surface area (Å²) in [5.41, 5.74) is 1.67. The largest absolute Gasteiger partial charge is 0.497 e. The average Bonchev–Trinajstić information content (AvgIpc) is 2.90. The second-order valence-corrected chi connectivity index (χ2v) is 10.6. The SMILES string of the molecule is COc1ccc2nccc([C@H](O)CC[C@@H]3CCN(CCCSc4cccnc4)C[C@@H]3CC(=O)O)c2c1. The molecular weight excluding hydrogens is 474 g/mol. The minimum absolute atomic E-state index is 0.101. The summed E-state index contributed by atoms with van der Waals surface area (Å²) in [6.07, 6.45) is 8.37. The van der Waals surface area contributed by atoms with Gasteiger partial charge in [0.2, 0.25) is 0 Å². The Kier molecular flexibility index (Phi) is 9.55. The fraction of sp³-hybridized carbons (Fsp3) is 0.464. The number of ether oxygens (including phenoxy) is 1. The van der Waals surface area contributed by atoms with Crippen LogP contribution in [0, 0.1) is 11.8 Å². The van der Waals surface area contributed by atoms with Crippen LogP contribution in [0.15, 0.2) is 59.9 Å². The monoisotopic (exact) mass is 509 g/mol. The predicted octanol–water partition coefficient (Wildman–Crippen LogP) is 5.05. The van der Waals surface area contributed by atoms with Crippen LogP contribution in [0.5, 0.6) is 5.75 Å². The Hall–Kier alpha value is -2.68. The van der Waals surface area contributed by atoms with E-state index in [4.69, 9.17) is 4.74 Å². The predicted molar refractivity (Wildman–Crippen MR) is 142 cm³/mol. The second kappa shape index (κ2) is 13.0. The van der Waals surface area contributed by atoms with Crippen molar-refractivity contribution in [1.82, 2.24) is 14.9 Å². The summed E-state index contributed by atoms with van der Waals surface area (Å²) in [7, 11) is 1.63. The lowest BCUT2D eigenvalue weighted by molar-refractivity contribution is -0.139. The number of aliphatic hydroxyl groups is 1. The summed E-state index contributed by atoms with van der Waals surface area (Å²) >= 11 is 1.81. The highest BCUT2D eigenvalue weighted by Gasteiger charge is 2.31. The Balaban J connectivity index is 1.31. The molecule has 192 valence electrons. The maximum Gasteiger partial charge on any atom is 0.303 e. The van der Waals surface area contributed by atoms with Gasteiger partial charge in [0.15, 0.2) is 0 Å². The number of aliphatic carboxylic acids is 1. The molecule has 4 rings (SSSR count). The van der Waals surface area contributed by atoms with E-state index in [9.17, 15) is 15.0 Å². The van der Waals surface area contributed by atoms with Crippen molar-refractivity contribution in [3.05, 3.63) is 60.6 Å². The molecule has 7 nitrogen and oxygen atoms in total. The van der Waals surface area contributed by atoms with Gasteiger partial charge in [-0.15, -0.1) is 11.8 Å². The zero-order chi connectivity index (χ0) is 25.3. The molecule has 3 atom stereocenters. The van der Waals surface area contributed by atoms with Crippen molar-refractivity contribution in [2.75, 3.05) is 32.5 Å². The molecule has 1 aliphatic heterocycles. The third-order valence-electron chi connectivity index (χ3n) is 7.09. The molecule has 2 N–H and O–H groups in total. The van der Waals surface area contributed by atoms with E-state index in [-0.39, 0.29) is 12.3 Å². The van der Waals surface area contributed by atoms with Crippen LogP contribution in [-0.4, -0.2) is 63.5 Å². The number of carbonyl (C=O) groups is 1. The first kappa shape index (κ1) is 26.4. The van der Waals surface area contributed by atoms with Crippen molar-refractivity contribution in [1.29, 1.82) is 0 Å². The highest BCUT2D eigenvalue weighted by molar-refractivity contribution is 7.99.